The minimum absolute atomic E-state index is 0.206. The fourth-order valence-electron chi connectivity index (χ4n) is 2.73. The maximum atomic E-state index is 12.4. The second-order valence-corrected chi connectivity index (χ2v) is 6.27. The number of H-pyrrole nitrogens is 1. The van der Waals surface area contributed by atoms with Crippen molar-refractivity contribution in [2.75, 3.05) is 13.7 Å². The maximum Gasteiger partial charge on any atom is 0.328 e. The molecule has 8 nitrogen and oxygen atoms in total. The van der Waals surface area contributed by atoms with Gasteiger partial charge in [-0.25, -0.2) is 4.68 Å². The minimum atomic E-state index is -0.797. The van der Waals surface area contributed by atoms with Gasteiger partial charge in [0.05, 0.1) is 10.8 Å². The zero-order chi connectivity index (χ0) is 20.1. The monoisotopic (exact) mass is 381 g/mol. The van der Waals surface area contributed by atoms with Crippen LogP contribution in [-0.2, 0) is 27.4 Å². The molecule has 0 aliphatic rings. The third-order valence-corrected chi connectivity index (χ3v) is 4.22. The third kappa shape index (κ3) is 4.35. The van der Waals surface area contributed by atoms with E-state index in [2.05, 4.69) is 5.10 Å². The first-order valence-electron chi connectivity index (χ1n) is 8.61. The number of carbonyl (C=O) groups excluding carboxylic acids is 2. The van der Waals surface area contributed by atoms with E-state index in [1.807, 2.05) is 30.3 Å². The van der Waals surface area contributed by atoms with Gasteiger partial charge in [0.25, 0.3) is 17.0 Å². The van der Waals surface area contributed by atoms with E-state index in [0.717, 1.165) is 10.2 Å². The Morgan fingerprint density at radius 1 is 1.00 bits per heavy atom. The van der Waals surface area contributed by atoms with Gasteiger partial charge in [-0.3, -0.25) is 24.3 Å². The van der Waals surface area contributed by atoms with Crippen LogP contribution in [0.15, 0.2) is 64.2 Å². The molecule has 144 valence electrons. The molecule has 2 aromatic carbocycles. The first-order valence-corrected chi connectivity index (χ1v) is 8.61. The Kier molecular flexibility index (Phi) is 5.69. The molecular weight excluding hydrogens is 362 g/mol. The predicted molar refractivity (Wildman–Crippen MR) is 103 cm³/mol. The fourth-order valence-corrected chi connectivity index (χ4v) is 2.73. The Labute approximate surface area is 159 Å². The molecule has 1 heterocycles. The van der Waals surface area contributed by atoms with Crippen LogP contribution in [0.3, 0.4) is 0 Å². The zero-order valence-electron chi connectivity index (χ0n) is 15.3. The Balaban J connectivity index is 1.61. The lowest BCUT2D eigenvalue weighted by Crippen LogP contribution is -2.35. The van der Waals surface area contributed by atoms with Gasteiger partial charge in [0.1, 0.15) is 6.54 Å². The average molecular weight is 381 g/mol. The molecule has 0 spiro atoms. The number of hydrogen-bond donors (Lipinski definition) is 1. The Morgan fingerprint density at radius 2 is 1.64 bits per heavy atom. The fraction of sp³-hybridized carbons (Fsp3) is 0.200. The second-order valence-electron chi connectivity index (χ2n) is 6.27. The number of amides is 1. The van der Waals surface area contributed by atoms with E-state index in [-0.39, 0.29) is 16.7 Å². The summed E-state index contributed by atoms with van der Waals surface area (Å²) in [5.41, 5.74) is -0.0497. The molecule has 1 amide bonds. The van der Waals surface area contributed by atoms with Gasteiger partial charge in [0, 0.05) is 13.6 Å². The average Bonchev–Trinajstić information content (AvgIpc) is 2.70. The second kappa shape index (κ2) is 8.34. The van der Waals surface area contributed by atoms with Crippen LogP contribution in [0.5, 0.6) is 0 Å². The molecule has 1 aromatic heterocycles. The van der Waals surface area contributed by atoms with Crippen LogP contribution in [0, 0.1) is 0 Å². The molecule has 0 fully saturated rings. The van der Waals surface area contributed by atoms with Gasteiger partial charge in [-0.05, 0) is 17.7 Å². The molecule has 0 aliphatic heterocycles. The van der Waals surface area contributed by atoms with Gasteiger partial charge in [-0.1, -0.05) is 42.5 Å². The van der Waals surface area contributed by atoms with Crippen molar-refractivity contribution in [2.45, 2.75) is 13.1 Å². The lowest BCUT2D eigenvalue weighted by Gasteiger charge is -2.17. The van der Waals surface area contributed by atoms with E-state index in [1.165, 1.54) is 17.0 Å². The van der Waals surface area contributed by atoms with Crippen molar-refractivity contribution >= 4 is 22.6 Å². The maximum absolute atomic E-state index is 12.4. The number of rotatable bonds is 6. The summed E-state index contributed by atoms with van der Waals surface area (Å²) >= 11 is 0. The highest BCUT2D eigenvalue weighted by Crippen LogP contribution is 2.04. The molecule has 0 aliphatic carbocycles. The summed E-state index contributed by atoms with van der Waals surface area (Å²) in [7, 11) is 1.61. The highest BCUT2D eigenvalue weighted by Gasteiger charge is 2.15. The summed E-state index contributed by atoms with van der Waals surface area (Å²) in [6.07, 6.45) is 0. The number of likely N-dealkylation sites (N-methyl/N-ethyl adjacent to an activating group) is 1. The summed E-state index contributed by atoms with van der Waals surface area (Å²) in [5.74, 6) is -1.17. The van der Waals surface area contributed by atoms with Gasteiger partial charge in [0.2, 0.25) is 0 Å². The van der Waals surface area contributed by atoms with E-state index in [9.17, 15) is 19.2 Å². The van der Waals surface area contributed by atoms with E-state index in [4.69, 9.17) is 4.74 Å². The smallest absolute Gasteiger partial charge is 0.328 e. The van der Waals surface area contributed by atoms with E-state index < -0.39 is 30.2 Å². The molecule has 8 heteroatoms. The van der Waals surface area contributed by atoms with Gasteiger partial charge >= 0.3 is 5.97 Å². The van der Waals surface area contributed by atoms with Gasteiger partial charge in [-0.15, -0.1) is 0 Å². The number of fused-ring (bicyclic) bond motifs is 1. The molecule has 1 N–H and O–H groups in total. The highest BCUT2D eigenvalue weighted by atomic mass is 16.5. The summed E-state index contributed by atoms with van der Waals surface area (Å²) < 4.78 is 5.84. The van der Waals surface area contributed by atoms with Crippen LogP contribution < -0.4 is 11.1 Å². The number of carbonyl (C=O) groups is 2. The predicted octanol–water partition coefficient (Wildman–Crippen LogP) is 0.892. The van der Waals surface area contributed by atoms with E-state index >= 15 is 0 Å². The van der Waals surface area contributed by atoms with Crippen molar-refractivity contribution in [2.24, 2.45) is 0 Å². The van der Waals surface area contributed by atoms with Crippen molar-refractivity contribution < 1.29 is 14.3 Å². The SMILES string of the molecule is CN(Cc1ccccc1)C(=O)COC(=O)Cn1[nH]c(=O)c2ccccc2c1=O. The van der Waals surface area contributed by atoms with Crippen molar-refractivity contribution in [3.05, 3.63) is 80.9 Å². The molecule has 0 atom stereocenters. The molecule has 0 saturated heterocycles. The molecule has 0 radical (unpaired) electrons. The van der Waals surface area contributed by atoms with Crippen LogP contribution in [0.2, 0.25) is 0 Å². The van der Waals surface area contributed by atoms with E-state index in [0.29, 0.717) is 6.54 Å². The summed E-state index contributed by atoms with van der Waals surface area (Å²) in [6.45, 7) is -0.558. The number of benzene rings is 2. The van der Waals surface area contributed by atoms with Crippen molar-refractivity contribution in [3.63, 3.8) is 0 Å². The quantitative estimate of drug-likeness (QED) is 0.639. The summed E-state index contributed by atoms with van der Waals surface area (Å²) in [5, 5.41) is 2.80. The van der Waals surface area contributed by atoms with Crippen molar-refractivity contribution in [3.8, 4) is 0 Å². The first kappa shape index (κ1) is 19.1. The third-order valence-electron chi connectivity index (χ3n) is 4.22. The van der Waals surface area contributed by atoms with Gasteiger partial charge < -0.3 is 9.64 Å². The highest BCUT2D eigenvalue weighted by molar-refractivity contribution is 5.81. The molecule has 0 bridgehead atoms. The Morgan fingerprint density at radius 3 is 2.36 bits per heavy atom. The number of nitrogens with zero attached hydrogens (tertiary/aromatic N) is 2. The number of esters is 1. The molecule has 3 rings (SSSR count). The number of aromatic nitrogens is 2. The van der Waals surface area contributed by atoms with Crippen molar-refractivity contribution in [1.82, 2.24) is 14.7 Å². The number of nitrogens with one attached hydrogen (secondary N) is 1. The standard InChI is InChI=1S/C20H19N3O5/c1-22(11-14-7-3-2-4-8-14)17(24)13-28-18(25)12-23-20(27)16-10-6-5-9-15(16)19(26)21-23/h2-10H,11-13H2,1H3,(H,21,26). The van der Waals surface area contributed by atoms with E-state index in [1.54, 1.807) is 19.2 Å². The first-order chi connectivity index (χ1) is 13.5. The summed E-state index contributed by atoms with van der Waals surface area (Å²) in [4.78, 5) is 50.0. The minimum Gasteiger partial charge on any atom is -0.454 e. The lowest BCUT2D eigenvalue weighted by atomic mass is 10.2. The summed E-state index contributed by atoms with van der Waals surface area (Å²) in [6, 6.07) is 15.7. The number of aromatic amines is 1. The Hall–Kier alpha value is -3.68. The lowest BCUT2D eigenvalue weighted by molar-refractivity contribution is -0.152. The molecule has 0 saturated carbocycles. The van der Waals surface area contributed by atoms with Crippen molar-refractivity contribution in [1.29, 1.82) is 0 Å². The van der Waals surface area contributed by atoms with Crippen LogP contribution in [0.1, 0.15) is 5.56 Å². The molecule has 0 unspecified atom stereocenters. The normalized spacial score (nSPS) is 10.6. The molecule has 28 heavy (non-hydrogen) atoms. The van der Waals surface area contributed by atoms with Crippen LogP contribution in [0.25, 0.3) is 10.8 Å². The number of hydrogen-bond acceptors (Lipinski definition) is 5. The molecular formula is C20H19N3O5. The van der Waals surface area contributed by atoms with Crippen LogP contribution in [-0.4, -0.2) is 40.2 Å². The van der Waals surface area contributed by atoms with Crippen LogP contribution in [0.4, 0.5) is 0 Å². The Bertz CT molecular complexity index is 1120. The largest absolute Gasteiger partial charge is 0.454 e. The topological polar surface area (TPSA) is 101 Å². The molecule has 3 aromatic rings. The van der Waals surface area contributed by atoms with Gasteiger partial charge in [-0.2, -0.15) is 0 Å². The van der Waals surface area contributed by atoms with Crippen LogP contribution >= 0.6 is 0 Å². The zero-order valence-corrected chi connectivity index (χ0v) is 15.3. The van der Waals surface area contributed by atoms with Gasteiger partial charge in [0.15, 0.2) is 6.61 Å². The number of ether oxygens (including phenoxy) is 1.